The molecule has 0 spiro atoms. The van der Waals surface area contributed by atoms with Gasteiger partial charge in [0.2, 0.25) is 0 Å². The average molecular weight is 276 g/mol. The molecule has 8 heteroatoms. The van der Waals surface area contributed by atoms with Crippen LogP contribution in [0.1, 0.15) is 0 Å². The minimum Gasteiger partial charge on any atom is -0.502 e. The van der Waals surface area contributed by atoms with Crippen molar-refractivity contribution in [3.05, 3.63) is 56.6 Å². The third kappa shape index (κ3) is 2.34. The van der Waals surface area contributed by atoms with Crippen molar-refractivity contribution >= 4 is 11.4 Å². The lowest BCUT2D eigenvalue weighted by atomic mass is 10.0. The van der Waals surface area contributed by atoms with E-state index in [-0.39, 0.29) is 0 Å². The molecule has 2 rings (SSSR count). The summed E-state index contributed by atoms with van der Waals surface area (Å²) in [6, 6.07) is 7.28. The van der Waals surface area contributed by atoms with Gasteiger partial charge in [0.1, 0.15) is 0 Å². The molecule has 102 valence electrons. The molecular weight excluding hydrogens is 268 g/mol. The molecule has 2 aromatic rings. The maximum Gasteiger partial charge on any atom is 0.310 e. The third-order valence-electron chi connectivity index (χ3n) is 2.68. The molecule has 0 fully saturated rings. The summed E-state index contributed by atoms with van der Waals surface area (Å²) in [6.07, 6.45) is 0. The van der Waals surface area contributed by atoms with Gasteiger partial charge in [-0.15, -0.1) is 0 Å². The molecule has 0 saturated heterocycles. The summed E-state index contributed by atoms with van der Waals surface area (Å²) in [6.45, 7) is 0. The predicted molar refractivity (Wildman–Crippen MR) is 68.5 cm³/mol. The maximum atomic E-state index is 10.6. The van der Waals surface area contributed by atoms with Gasteiger partial charge in [0, 0.05) is 12.1 Å². The third-order valence-corrected chi connectivity index (χ3v) is 2.68. The molecule has 0 bridgehead atoms. The van der Waals surface area contributed by atoms with Gasteiger partial charge in [-0.2, -0.15) is 0 Å². The molecule has 0 amide bonds. The molecule has 0 saturated carbocycles. The minimum atomic E-state index is -0.730. The molecule has 20 heavy (non-hydrogen) atoms. The average Bonchev–Trinajstić information content (AvgIpc) is 2.37. The molecule has 0 aliphatic carbocycles. The van der Waals surface area contributed by atoms with E-state index >= 15 is 0 Å². The quantitative estimate of drug-likeness (QED) is 0.655. The first-order valence-electron chi connectivity index (χ1n) is 5.35. The van der Waals surface area contributed by atoms with Crippen molar-refractivity contribution in [1.29, 1.82) is 0 Å². The first-order chi connectivity index (χ1) is 9.40. The molecule has 0 atom stereocenters. The van der Waals surface area contributed by atoms with Gasteiger partial charge in [0.15, 0.2) is 11.5 Å². The Labute approximate surface area is 111 Å². The Hall–Kier alpha value is -3.16. The first-order valence-corrected chi connectivity index (χ1v) is 5.35. The summed E-state index contributed by atoms with van der Waals surface area (Å²) < 4.78 is 0. The Balaban J connectivity index is 2.47. The maximum absolute atomic E-state index is 10.6. The van der Waals surface area contributed by atoms with Gasteiger partial charge in [0.05, 0.1) is 9.85 Å². The van der Waals surface area contributed by atoms with Gasteiger partial charge in [-0.05, 0) is 35.4 Å². The van der Waals surface area contributed by atoms with Crippen molar-refractivity contribution in [2.75, 3.05) is 0 Å². The van der Waals surface area contributed by atoms with E-state index in [0.29, 0.717) is 11.1 Å². The fourth-order valence-electron chi connectivity index (χ4n) is 1.71. The summed E-state index contributed by atoms with van der Waals surface area (Å²) in [5.41, 5.74) is -0.114. The Kier molecular flexibility index (Phi) is 3.21. The second-order valence-corrected chi connectivity index (χ2v) is 3.92. The van der Waals surface area contributed by atoms with Crippen LogP contribution < -0.4 is 0 Å². The van der Waals surface area contributed by atoms with Crippen LogP contribution in [-0.2, 0) is 0 Å². The van der Waals surface area contributed by atoms with E-state index < -0.39 is 32.7 Å². The SMILES string of the molecule is O=[N+]([O-])c1ccc(-c2ccc([N+](=O)[O-])c(O)c2)cc1O. The number of benzene rings is 2. The van der Waals surface area contributed by atoms with Crippen LogP contribution in [0.5, 0.6) is 11.5 Å². The normalized spacial score (nSPS) is 10.2. The topological polar surface area (TPSA) is 127 Å². The molecule has 2 aromatic carbocycles. The highest BCUT2D eigenvalue weighted by atomic mass is 16.6. The van der Waals surface area contributed by atoms with Crippen LogP contribution in [-0.4, -0.2) is 20.1 Å². The van der Waals surface area contributed by atoms with Crippen LogP contribution in [0.3, 0.4) is 0 Å². The largest absolute Gasteiger partial charge is 0.502 e. The summed E-state index contributed by atoms with van der Waals surface area (Å²) in [7, 11) is 0. The molecule has 0 unspecified atom stereocenters. The van der Waals surface area contributed by atoms with Crippen molar-refractivity contribution in [3.63, 3.8) is 0 Å². The lowest BCUT2D eigenvalue weighted by Gasteiger charge is -2.04. The Bertz CT molecular complexity index is 652. The lowest BCUT2D eigenvalue weighted by molar-refractivity contribution is -0.386. The van der Waals surface area contributed by atoms with E-state index in [1.54, 1.807) is 0 Å². The highest BCUT2D eigenvalue weighted by molar-refractivity contribution is 5.71. The second-order valence-electron chi connectivity index (χ2n) is 3.92. The van der Waals surface area contributed by atoms with Crippen LogP contribution in [0, 0.1) is 20.2 Å². The van der Waals surface area contributed by atoms with Gasteiger partial charge >= 0.3 is 11.4 Å². The monoisotopic (exact) mass is 276 g/mol. The minimum absolute atomic E-state index is 0.387. The molecule has 8 nitrogen and oxygen atoms in total. The van der Waals surface area contributed by atoms with Gasteiger partial charge in [-0.1, -0.05) is 0 Å². The molecule has 0 aromatic heterocycles. The Morgan fingerprint density at radius 3 is 1.35 bits per heavy atom. The number of rotatable bonds is 3. The van der Waals surface area contributed by atoms with E-state index in [1.165, 1.54) is 12.1 Å². The van der Waals surface area contributed by atoms with Crippen molar-refractivity contribution in [1.82, 2.24) is 0 Å². The van der Waals surface area contributed by atoms with E-state index in [2.05, 4.69) is 0 Å². The van der Waals surface area contributed by atoms with Gasteiger partial charge in [-0.3, -0.25) is 20.2 Å². The smallest absolute Gasteiger partial charge is 0.310 e. The van der Waals surface area contributed by atoms with E-state index in [1.807, 2.05) is 0 Å². The summed E-state index contributed by atoms with van der Waals surface area (Å²) >= 11 is 0. The number of nitro groups is 2. The molecule has 0 aliphatic rings. The Morgan fingerprint density at radius 2 is 1.10 bits per heavy atom. The van der Waals surface area contributed by atoms with E-state index in [0.717, 1.165) is 24.3 Å². The van der Waals surface area contributed by atoms with Crippen molar-refractivity contribution in [3.8, 4) is 22.6 Å². The number of phenols is 2. The predicted octanol–water partition coefficient (Wildman–Crippen LogP) is 2.58. The summed E-state index contributed by atoms with van der Waals surface area (Å²) in [5.74, 6) is -1.05. The zero-order valence-corrected chi connectivity index (χ0v) is 9.89. The fraction of sp³-hybridized carbons (Fsp3) is 0. The second kappa shape index (κ2) is 4.84. The van der Waals surface area contributed by atoms with Crippen molar-refractivity contribution in [2.45, 2.75) is 0 Å². The van der Waals surface area contributed by atoms with E-state index in [4.69, 9.17) is 0 Å². The van der Waals surface area contributed by atoms with Gasteiger partial charge in [-0.25, -0.2) is 0 Å². The molecule has 0 heterocycles. The number of phenolic OH excluding ortho intramolecular Hbond substituents is 2. The number of nitrogens with zero attached hydrogens (tertiary/aromatic N) is 2. The molecule has 0 aliphatic heterocycles. The standard InChI is InChI=1S/C12H8N2O6/c15-11-5-7(1-3-9(11)13(17)18)8-2-4-10(14(19)20)12(16)6-8/h1-6,15-16H. The highest BCUT2D eigenvalue weighted by Crippen LogP contribution is 2.35. The number of aromatic hydroxyl groups is 2. The highest BCUT2D eigenvalue weighted by Gasteiger charge is 2.16. The molecule has 0 radical (unpaired) electrons. The fourth-order valence-corrected chi connectivity index (χ4v) is 1.71. The lowest BCUT2D eigenvalue weighted by Crippen LogP contribution is -1.90. The van der Waals surface area contributed by atoms with Crippen LogP contribution in [0.4, 0.5) is 11.4 Å². The molecular formula is C12H8N2O6. The number of nitro benzene ring substituents is 2. The first kappa shape index (κ1) is 13.3. The van der Waals surface area contributed by atoms with Crippen LogP contribution in [0.15, 0.2) is 36.4 Å². The summed E-state index contributed by atoms with van der Waals surface area (Å²) in [4.78, 5) is 19.7. The zero-order chi connectivity index (χ0) is 14.9. The zero-order valence-electron chi connectivity index (χ0n) is 9.89. The van der Waals surface area contributed by atoms with Crippen LogP contribution >= 0.6 is 0 Å². The van der Waals surface area contributed by atoms with E-state index in [9.17, 15) is 30.4 Å². The Morgan fingerprint density at radius 1 is 0.750 bits per heavy atom. The van der Waals surface area contributed by atoms with Gasteiger partial charge in [0.25, 0.3) is 0 Å². The van der Waals surface area contributed by atoms with Crippen LogP contribution in [0.2, 0.25) is 0 Å². The molecule has 2 N–H and O–H groups in total. The van der Waals surface area contributed by atoms with Gasteiger partial charge < -0.3 is 10.2 Å². The van der Waals surface area contributed by atoms with Crippen LogP contribution in [0.25, 0.3) is 11.1 Å². The summed E-state index contributed by atoms with van der Waals surface area (Å²) in [5, 5.41) is 40.2. The number of hydrogen-bond donors (Lipinski definition) is 2. The number of hydrogen-bond acceptors (Lipinski definition) is 6. The van der Waals surface area contributed by atoms with Crippen molar-refractivity contribution < 1.29 is 20.1 Å². The van der Waals surface area contributed by atoms with Crippen molar-refractivity contribution in [2.24, 2.45) is 0 Å².